The average molecular weight is 872 g/mol. The molecule has 0 spiro atoms. The molecule has 0 unspecified atom stereocenters. The molecule has 48 heavy (non-hydrogen) atoms. The molecule has 0 heterocycles. The second kappa shape index (κ2) is 58.3. The zero-order valence-electron chi connectivity index (χ0n) is 22.6. The summed E-state index contributed by atoms with van der Waals surface area (Å²) in [6.07, 6.45) is 5.58. The predicted octanol–water partition coefficient (Wildman–Crippen LogP) is 1.93. The van der Waals surface area contributed by atoms with Crippen molar-refractivity contribution < 1.29 is 99.0 Å². The minimum absolute atomic E-state index is 0. The zero-order valence-corrected chi connectivity index (χ0v) is 29.1. The van der Waals surface area contributed by atoms with Crippen LogP contribution in [0.4, 0.5) is 0 Å². The smallest absolute Gasteiger partial charge is 0.328 e. The van der Waals surface area contributed by atoms with Crippen LogP contribution in [0.5, 0.6) is 0 Å². The van der Waals surface area contributed by atoms with E-state index in [1.807, 2.05) is 0 Å². The number of carboxylic acids is 10. The van der Waals surface area contributed by atoms with E-state index in [1.165, 1.54) is 0 Å². The first-order valence-electron chi connectivity index (χ1n) is 8.83. The fraction of sp³-hybridized carbons (Fsp3) is 0. The van der Waals surface area contributed by atoms with Crippen LogP contribution < -0.4 is 0 Å². The Morgan fingerprint density at radius 3 is 0.250 bits per heavy atom. The Bertz CT molecular complexity index is 823. The van der Waals surface area contributed by atoms with Crippen LogP contribution in [0.1, 0.15) is 0 Å². The second-order valence-electron chi connectivity index (χ2n) is 5.05. The number of carbonyl (C=O) groups is 10. The van der Waals surface area contributed by atoms with E-state index in [-0.39, 0.29) is 99.3 Å². The van der Waals surface area contributed by atoms with Gasteiger partial charge in [0.2, 0.25) is 0 Å². The van der Waals surface area contributed by atoms with Gasteiger partial charge in [-0.25, -0.2) is 47.9 Å². The van der Waals surface area contributed by atoms with Crippen molar-refractivity contribution in [3.63, 3.8) is 0 Å². The molecule has 0 bridgehead atoms. The van der Waals surface area contributed by atoms with Crippen molar-refractivity contribution in [2.75, 3.05) is 0 Å². The SMILES string of the molecule is Cl.Cl.Cl.Cl.Cl.Cl.Cl.Cl.O=C(O)/C=C/C(=O)O.O=C(O)/C=C/C(=O)O.O=C(O)/C=C/C(=O)O.O=C(O)/C=C/C(=O)O.O=C(O)/C=C/C(=O)O. The molecule has 0 aliphatic heterocycles. The van der Waals surface area contributed by atoms with Crippen molar-refractivity contribution in [1.82, 2.24) is 0 Å². The third kappa shape index (κ3) is 161. The highest BCUT2D eigenvalue weighted by Gasteiger charge is 1.90. The number of halogens is 8. The first kappa shape index (κ1) is 84.5. The van der Waals surface area contributed by atoms with Gasteiger partial charge in [0, 0.05) is 60.8 Å². The lowest BCUT2D eigenvalue weighted by atomic mass is 10.5. The van der Waals surface area contributed by atoms with E-state index in [1.54, 1.807) is 0 Å². The lowest BCUT2D eigenvalue weighted by Gasteiger charge is -1.74. The Morgan fingerprint density at radius 2 is 0.229 bits per heavy atom. The Morgan fingerprint density at radius 1 is 0.188 bits per heavy atom. The molecule has 0 saturated carbocycles. The minimum Gasteiger partial charge on any atom is -0.478 e. The van der Waals surface area contributed by atoms with Gasteiger partial charge in [0.1, 0.15) is 0 Å². The molecule has 0 aliphatic carbocycles. The van der Waals surface area contributed by atoms with Crippen LogP contribution >= 0.6 is 99.3 Å². The lowest BCUT2D eigenvalue weighted by molar-refractivity contribution is -0.134. The summed E-state index contributed by atoms with van der Waals surface area (Å²) in [6.45, 7) is 0. The lowest BCUT2D eigenvalue weighted by Crippen LogP contribution is -1.91. The molecule has 10 N–H and O–H groups in total. The Kier molecular flexibility index (Phi) is 103. The molecule has 0 saturated heterocycles. The average Bonchev–Trinajstić information content (AvgIpc) is 2.79. The normalized spacial score (nSPS) is 7.92. The van der Waals surface area contributed by atoms with Gasteiger partial charge in [-0.15, -0.1) is 99.3 Å². The highest BCUT2D eigenvalue weighted by molar-refractivity contribution is 5.92. The Balaban J connectivity index is -0.0000000278. The van der Waals surface area contributed by atoms with Gasteiger partial charge in [-0.3, -0.25) is 0 Å². The van der Waals surface area contributed by atoms with E-state index in [0.717, 1.165) is 0 Å². The predicted molar refractivity (Wildman–Crippen MR) is 180 cm³/mol. The van der Waals surface area contributed by atoms with Crippen LogP contribution in [0, 0.1) is 0 Å². The molecule has 0 aromatic carbocycles. The molecule has 284 valence electrons. The van der Waals surface area contributed by atoms with E-state index >= 15 is 0 Å². The second-order valence-corrected chi connectivity index (χ2v) is 5.05. The molecule has 0 rings (SSSR count). The van der Waals surface area contributed by atoms with E-state index < -0.39 is 59.7 Å². The van der Waals surface area contributed by atoms with E-state index in [4.69, 9.17) is 51.1 Å². The van der Waals surface area contributed by atoms with Crippen molar-refractivity contribution in [1.29, 1.82) is 0 Å². The third-order valence-electron chi connectivity index (χ3n) is 1.84. The van der Waals surface area contributed by atoms with E-state index in [0.29, 0.717) is 60.8 Å². The maximum absolute atomic E-state index is 9.55. The van der Waals surface area contributed by atoms with Gasteiger partial charge in [0.05, 0.1) is 0 Å². The van der Waals surface area contributed by atoms with E-state index in [2.05, 4.69) is 0 Å². The van der Waals surface area contributed by atoms with Crippen molar-refractivity contribution >= 4 is 159 Å². The third-order valence-corrected chi connectivity index (χ3v) is 1.84. The quantitative estimate of drug-likeness (QED) is 0.140. The number of aliphatic carboxylic acids is 10. The van der Waals surface area contributed by atoms with Gasteiger partial charge in [0.15, 0.2) is 0 Å². The largest absolute Gasteiger partial charge is 0.478 e. The maximum atomic E-state index is 9.55. The summed E-state index contributed by atoms with van der Waals surface area (Å²) in [5.74, 6) is -12.6. The summed E-state index contributed by atoms with van der Waals surface area (Å²) in [5.41, 5.74) is 0. The van der Waals surface area contributed by atoms with Gasteiger partial charge >= 0.3 is 59.7 Å². The summed E-state index contributed by atoms with van der Waals surface area (Å²) in [5, 5.41) is 78.1. The summed E-state index contributed by atoms with van der Waals surface area (Å²) in [6, 6.07) is 0. The van der Waals surface area contributed by atoms with Crippen LogP contribution in [-0.2, 0) is 47.9 Å². The standard InChI is InChI=1S/5C4H4O4.8ClH/c5*5-3(6)1-2-4(7)8;;;;;;;;/h5*1-2H,(H,5,6)(H,7,8);8*1H/b5*2-1+;;;;;;;;. The number of hydrogen-bond acceptors (Lipinski definition) is 10. The molecule has 0 aromatic heterocycles. The van der Waals surface area contributed by atoms with Crippen molar-refractivity contribution in [3.05, 3.63) is 60.8 Å². The number of rotatable bonds is 10. The monoisotopic (exact) mass is 868 g/mol. The Hall–Kier alpha value is -4.28. The molecule has 0 aliphatic rings. The molecular weight excluding hydrogens is 844 g/mol. The molecule has 0 atom stereocenters. The molecule has 20 nitrogen and oxygen atoms in total. The van der Waals surface area contributed by atoms with Gasteiger partial charge in [-0.2, -0.15) is 0 Å². The van der Waals surface area contributed by atoms with Crippen LogP contribution in [0.3, 0.4) is 0 Å². The summed E-state index contributed by atoms with van der Waals surface area (Å²) in [7, 11) is 0. The van der Waals surface area contributed by atoms with Crippen molar-refractivity contribution in [3.8, 4) is 0 Å². The van der Waals surface area contributed by atoms with Crippen molar-refractivity contribution in [2.45, 2.75) is 0 Å². The van der Waals surface area contributed by atoms with Crippen LogP contribution in [0.15, 0.2) is 60.8 Å². The van der Waals surface area contributed by atoms with Crippen LogP contribution in [-0.4, -0.2) is 111 Å². The summed E-state index contributed by atoms with van der Waals surface area (Å²) in [4.78, 5) is 95.5. The molecule has 28 heteroatoms. The zero-order chi connectivity index (χ0) is 32.8. The van der Waals surface area contributed by atoms with Gasteiger partial charge in [-0.05, 0) is 0 Å². The highest BCUT2D eigenvalue weighted by atomic mass is 35.5. The number of carboxylic acid groups (broad SMARTS) is 10. The minimum atomic E-state index is -1.26. The number of hydrogen-bond donors (Lipinski definition) is 10. The van der Waals surface area contributed by atoms with Crippen molar-refractivity contribution in [2.24, 2.45) is 0 Å². The molecule has 0 fully saturated rings. The fourth-order valence-corrected chi connectivity index (χ4v) is 0.713. The first-order chi connectivity index (χ1) is 18.1. The molecule has 0 radical (unpaired) electrons. The first-order valence-corrected chi connectivity index (χ1v) is 8.83. The maximum Gasteiger partial charge on any atom is 0.328 e. The van der Waals surface area contributed by atoms with Crippen LogP contribution in [0.25, 0.3) is 0 Å². The molecule has 0 amide bonds. The van der Waals surface area contributed by atoms with Gasteiger partial charge < -0.3 is 51.1 Å². The molecular formula is C20H28Cl8O20. The summed E-state index contributed by atoms with van der Waals surface area (Å²) < 4.78 is 0. The van der Waals surface area contributed by atoms with Crippen LogP contribution in [0.2, 0.25) is 0 Å². The molecule has 0 aromatic rings. The Labute approximate surface area is 317 Å². The summed E-state index contributed by atoms with van der Waals surface area (Å²) >= 11 is 0. The topological polar surface area (TPSA) is 373 Å². The fourth-order valence-electron chi connectivity index (χ4n) is 0.713. The van der Waals surface area contributed by atoms with Gasteiger partial charge in [0.25, 0.3) is 0 Å². The van der Waals surface area contributed by atoms with Gasteiger partial charge in [-0.1, -0.05) is 0 Å². The highest BCUT2D eigenvalue weighted by Crippen LogP contribution is 1.73. The van der Waals surface area contributed by atoms with E-state index in [9.17, 15) is 47.9 Å².